The number of carbonyl (C=O) groups is 1. The second kappa shape index (κ2) is 5.86. The number of amides is 1. The normalized spacial score (nSPS) is 17.3. The average molecular weight is 224 g/mol. The van der Waals surface area contributed by atoms with Crippen molar-refractivity contribution in [2.24, 2.45) is 5.41 Å². The number of nitriles is 1. The lowest BCUT2D eigenvalue weighted by molar-refractivity contribution is -0.141. The topological polar surface area (TPSA) is 64.3 Å². The number of carbonyl (C=O) groups excluding carboxylic acids is 1. The van der Waals surface area contributed by atoms with Crippen LogP contribution in [0.3, 0.4) is 0 Å². The van der Waals surface area contributed by atoms with Gasteiger partial charge in [0.1, 0.15) is 5.41 Å². The molecule has 0 unspecified atom stereocenters. The van der Waals surface area contributed by atoms with Gasteiger partial charge in [-0.15, -0.1) is 0 Å². The van der Waals surface area contributed by atoms with Gasteiger partial charge in [0.15, 0.2) is 0 Å². The summed E-state index contributed by atoms with van der Waals surface area (Å²) in [5, 5.41) is 17.7. The summed E-state index contributed by atoms with van der Waals surface area (Å²) in [5.41, 5.74) is -0.717. The van der Waals surface area contributed by atoms with Crippen LogP contribution in [0, 0.1) is 16.7 Å². The molecule has 0 bridgehead atoms. The number of hydrogen-bond acceptors (Lipinski definition) is 3. The van der Waals surface area contributed by atoms with E-state index in [9.17, 15) is 4.79 Å². The fraction of sp³-hybridized carbons (Fsp3) is 0.833. The van der Waals surface area contributed by atoms with Crippen molar-refractivity contribution in [1.29, 1.82) is 5.26 Å². The fourth-order valence-corrected chi connectivity index (χ4v) is 2.01. The van der Waals surface area contributed by atoms with E-state index in [1.807, 2.05) is 0 Å². The third kappa shape index (κ3) is 2.73. The molecule has 4 heteroatoms. The van der Waals surface area contributed by atoms with Gasteiger partial charge < -0.3 is 10.0 Å². The molecule has 4 nitrogen and oxygen atoms in total. The van der Waals surface area contributed by atoms with Crippen LogP contribution in [-0.4, -0.2) is 36.1 Å². The van der Waals surface area contributed by atoms with Crippen molar-refractivity contribution < 1.29 is 9.90 Å². The molecule has 0 atom stereocenters. The van der Waals surface area contributed by atoms with Crippen molar-refractivity contribution in [2.45, 2.75) is 38.5 Å². The first-order valence-electron chi connectivity index (χ1n) is 5.94. The number of nitrogens with zero attached hydrogens (tertiary/aromatic N) is 2. The van der Waals surface area contributed by atoms with Gasteiger partial charge in [-0.2, -0.15) is 5.26 Å². The van der Waals surface area contributed by atoms with E-state index < -0.39 is 5.41 Å². The molecule has 0 aromatic carbocycles. The quantitative estimate of drug-likeness (QED) is 0.692. The Morgan fingerprint density at radius 3 is 2.56 bits per heavy atom. The predicted molar refractivity (Wildman–Crippen MR) is 60.5 cm³/mol. The Morgan fingerprint density at radius 2 is 2.12 bits per heavy atom. The molecule has 0 spiro atoms. The highest BCUT2D eigenvalue weighted by atomic mass is 16.2. The Bertz CT molecular complexity index is 279. The Morgan fingerprint density at radius 1 is 1.44 bits per heavy atom. The van der Waals surface area contributed by atoms with Gasteiger partial charge in [0.2, 0.25) is 5.91 Å². The number of rotatable bonds is 6. The van der Waals surface area contributed by atoms with Gasteiger partial charge in [0.25, 0.3) is 0 Å². The first-order valence-corrected chi connectivity index (χ1v) is 5.94. The maximum atomic E-state index is 12.0. The van der Waals surface area contributed by atoms with Gasteiger partial charge in [-0.1, -0.05) is 0 Å². The van der Waals surface area contributed by atoms with Crippen LogP contribution in [0.2, 0.25) is 0 Å². The summed E-state index contributed by atoms with van der Waals surface area (Å²) in [6.45, 7) is 0.891. The maximum Gasteiger partial charge on any atom is 0.242 e. The van der Waals surface area contributed by atoms with Crippen molar-refractivity contribution in [1.82, 2.24) is 4.90 Å². The van der Waals surface area contributed by atoms with E-state index in [2.05, 4.69) is 6.07 Å². The van der Waals surface area contributed by atoms with Crippen molar-refractivity contribution in [3.05, 3.63) is 0 Å². The van der Waals surface area contributed by atoms with Crippen LogP contribution in [0.4, 0.5) is 0 Å². The van der Waals surface area contributed by atoms with E-state index in [1.54, 1.807) is 11.9 Å². The summed E-state index contributed by atoms with van der Waals surface area (Å²) in [6, 6.07) is 2.17. The molecule has 90 valence electrons. The molecular formula is C12H20N2O2. The van der Waals surface area contributed by atoms with Crippen LogP contribution >= 0.6 is 0 Å². The van der Waals surface area contributed by atoms with Crippen LogP contribution in [0.15, 0.2) is 0 Å². The van der Waals surface area contributed by atoms with Crippen LogP contribution in [-0.2, 0) is 4.79 Å². The molecule has 1 amide bonds. The van der Waals surface area contributed by atoms with Crippen molar-refractivity contribution in [2.75, 3.05) is 20.2 Å². The number of aliphatic hydroxyl groups is 1. The van der Waals surface area contributed by atoms with Gasteiger partial charge >= 0.3 is 0 Å². The minimum Gasteiger partial charge on any atom is -0.396 e. The van der Waals surface area contributed by atoms with E-state index in [4.69, 9.17) is 10.4 Å². The second-order valence-corrected chi connectivity index (χ2v) is 4.56. The summed E-state index contributed by atoms with van der Waals surface area (Å²) >= 11 is 0. The van der Waals surface area contributed by atoms with E-state index in [0.717, 1.165) is 25.7 Å². The molecule has 1 N–H and O–H groups in total. The molecule has 0 radical (unpaired) electrons. The fourth-order valence-electron chi connectivity index (χ4n) is 2.01. The van der Waals surface area contributed by atoms with Crippen LogP contribution < -0.4 is 0 Å². The van der Waals surface area contributed by atoms with Crippen molar-refractivity contribution >= 4 is 5.91 Å². The molecule has 0 aromatic rings. The SMILES string of the molecule is CN(CCCCCO)C(=O)C1(C#N)CCC1. The van der Waals surface area contributed by atoms with Gasteiger partial charge in [-0.05, 0) is 38.5 Å². The summed E-state index contributed by atoms with van der Waals surface area (Å²) in [4.78, 5) is 13.7. The molecular weight excluding hydrogens is 204 g/mol. The smallest absolute Gasteiger partial charge is 0.242 e. The summed E-state index contributed by atoms with van der Waals surface area (Å²) in [7, 11) is 1.76. The second-order valence-electron chi connectivity index (χ2n) is 4.56. The first-order chi connectivity index (χ1) is 7.66. The minimum atomic E-state index is -0.717. The molecule has 1 fully saturated rings. The molecule has 0 aromatic heterocycles. The van der Waals surface area contributed by atoms with E-state index in [0.29, 0.717) is 19.4 Å². The number of aliphatic hydroxyl groups excluding tert-OH is 1. The van der Waals surface area contributed by atoms with E-state index in [1.165, 1.54) is 0 Å². The zero-order chi connectivity index (χ0) is 12.0. The highest BCUT2D eigenvalue weighted by molar-refractivity contribution is 5.86. The molecule has 1 saturated carbocycles. The standard InChI is InChI=1S/C12H20N2O2/c1-14(8-3-2-4-9-15)11(16)12(10-13)6-5-7-12/h15H,2-9H2,1H3. The Hall–Kier alpha value is -1.08. The Balaban J connectivity index is 2.33. The first kappa shape index (κ1) is 13.0. The highest BCUT2D eigenvalue weighted by Gasteiger charge is 2.45. The molecule has 0 aliphatic heterocycles. The van der Waals surface area contributed by atoms with Crippen LogP contribution in [0.25, 0.3) is 0 Å². The molecule has 0 saturated heterocycles. The lowest BCUT2D eigenvalue weighted by Crippen LogP contribution is -2.45. The van der Waals surface area contributed by atoms with Crippen LogP contribution in [0.5, 0.6) is 0 Å². The number of hydrogen-bond donors (Lipinski definition) is 1. The maximum absolute atomic E-state index is 12.0. The highest BCUT2D eigenvalue weighted by Crippen LogP contribution is 2.41. The summed E-state index contributed by atoms with van der Waals surface area (Å²) < 4.78 is 0. The average Bonchev–Trinajstić information content (AvgIpc) is 2.23. The van der Waals surface area contributed by atoms with Gasteiger partial charge in [-0.3, -0.25) is 4.79 Å². The molecule has 0 heterocycles. The molecule has 1 rings (SSSR count). The minimum absolute atomic E-state index is 0.0229. The monoisotopic (exact) mass is 224 g/mol. The third-order valence-electron chi connectivity index (χ3n) is 3.33. The van der Waals surface area contributed by atoms with Gasteiger partial charge in [-0.25, -0.2) is 0 Å². The third-order valence-corrected chi connectivity index (χ3v) is 3.33. The molecule has 1 aliphatic rings. The van der Waals surface area contributed by atoms with Crippen molar-refractivity contribution in [3.8, 4) is 6.07 Å². The summed E-state index contributed by atoms with van der Waals surface area (Å²) in [6.07, 6.45) is 5.01. The number of unbranched alkanes of at least 4 members (excludes halogenated alkanes) is 2. The van der Waals surface area contributed by atoms with E-state index >= 15 is 0 Å². The largest absolute Gasteiger partial charge is 0.396 e. The predicted octanol–water partition coefficient (Wildman–Crippen LogP) is 1.30. The van der Waals surface area contributed by atoms with Crippen LogP contribution in [0.1, 0.15) is 38.5 Å². The van der Waals surface area contributed by atoms with Gasteiger partial charge in [0.05, 0.1) is 6.07 Å². The van der Waals surface area contributed by atoms with Gasteiger partial charge in [0, 0.05) is 20.2 Å². The van der Waals surface area contributed by atoms with Crippen molar-refractivity contribution in [3.63, 3.8) is 0 Å². The van der Waals surface area contributed by atoms with E-state index in [-0.39, 0.29) is 12.5 Å². The Kier molecular flexibility index (Phi) is 4.75. The zero-order valence-corrected chi connectivity index (χ0v) is 9.91. The lowest BCUT2D eigenvalue weighted by atomic mass is 9.69. The zero-order valence-electron chi connectivity index (χ0n) is 9.91. The molecule has 16 heavy (non-hydrogen) atoms. The molecule has 1 aliphatic carbocycles. The Labute approximate surface area is 96.9 Å². The lowest BCUT2D eigenvalue weighted by Gasteiger charge is -2.36. The summed E-state index contributed by atoms with van der Waals surface area (Å²) in [5.74, 6) is -0.0229.